The summed E-state index contributed by atoms with van der Waals surface area (Å²) in [7, 11) is 0. The van der Waals surface area contributed by atoms with Crippen molar-refractivity contribution in [3.8, 4) is 0 Å². The van der Waals surface area contributed by atoms with Crippen LogP contribution in [0.1, 0.15) is 95.9 Å². The number of carbonyl (C=O) groups is 2. The van der Waals surface area contributed by atoms with Crippen molar-refractivity contribution in [2.24, 2.45) is 0 Å². The van der Waals surface area contributed by atoms with Crippen LogP contribution in [0.25, 0.3) is 0 Å². The molecule has 0 radical (unpaired) electrons. The maximum absolute atomic E-state index is 11.0. The Kier molecular flexibility index (Phi) is 21.1. The van der Waals surface area contributed by atoms with Crippen molar-refractivity contribution in [3.05, 3.63) is 24.7 Å². The molecule has 0 atom stereocenters. The zero-order valence-corrected chi connectivity index (χ0v) is 27.4. The Morgan fingerprint density at radius 2 is 0.744 bits per heavy atom. The fourth-order valence-corrected chi connectivity index (χ4v) is 3.33. The third-order valence-corrected chi connectivity index (χ3v) is 4.06. The van der Waals surface area contributed by atoms with E-state index in [2.05, 4.69) is 13.2 Å². The zero-order chi connectivity index (χ0) is 30.4. The predicted octanol–water partition coefficient (Wildman–Crippen LogP) is 3.22. The van der Waals surface area contributed by atoms with Gasteiger partial charge >= 0.3 is 21.7 Å². The number of carboxylic acid groups (broad SMARTS) is 2. The van der Waals surface area contributed by atoms with E-state index in [0.29, 0.717) is 0 Å². The minimum absolute atomic E-state index is 0. The quantitative estimate of drug-likeness (QED) is 0.132. The molecule has 0 heterocycles. The molecule has 0 unspecified atom stereocenters. The monoisotopic (exact) mass is 594 g/mol. The van der Waals surface area contributed by atoms with E-state index in [-0.39, 0.29) is 69.9 Å². The van der Waals surface area contributed by atoms with E-state index in [1.807, 2.05) is 27.7 Å². The molecule has 0 aliphatic rings. The van der Waals surface area contributed by atoms with Crippen LogP contribution in [-0.4, -0.2) is 60.1 Å². The maximum atomic E-state index is 11.0. The minimum Gasteiger partial charge on any atom is -0.550 e. The van der Waals surface area contributed by atoms with Gasteiger partial charge in [-0.2, -0.15) is 0 Å². The van der Waals surface area contributed by atoms with Gasteiger partial charge in [0.1, 0.15) is 11.5 Å². The first-order valence-electron chi connectivity index (χ1n) is 13.0. The molecule has 11 heteroatoms. The van der Waals surface area contributed by atoms with Gasteiger partial charge in [0.15, 0.2) is 0 Å². The zero-order valence-electron chi connectivity index (χ0n) is 25.9. The normalized spacial score (nSPS) is 11.9. The molecule has 10 nitrogen and oxygen atoms in total. The van der Waals surface area contributed by atoms with E-state index < -0.39 is 36.4 Å². The number of hydrogen-bond donors (Lipinski definition) is 0. The Morgan fingerprint density at radius 1 is 0.538 bits per heavy atom. The van der Waals surface area contributed by atoms with Crippen molar-refractivity contribution in [2.45, 2.75) is 144 Å². The second-order valence-electron chi connectivity index (χ2n) is 10.4. The Labute approximate surface area is 250 Å². The maximum Gasteiger partial charge on any atom is 2.00 e. The van der Waals surface area contributed by atoms with Crippen molar-refractivity contribution >= 4 is 11.9 Å². The van der Waals surface area contributed by atoms with Gasteiger partial charge in [-0.3, -0.25) is 0 Å². The Hall–Kier alpha value is -1.43. The first-order valence-corrected chi connectivity index (χ1v) is 13.0. The molecule has 0 spiro atoms. The molecule has 0 aromatic heterocycles. The van der Waals surface area contributed by atoms with Crippen LogP contribution >= 0.6 is 0 Å². The molecule has 0 N–H and O–H groups in total. The topological polar surface area (TPSA) is 136 Å². The number of aliphatic carboxylic acids is 2. The van der Waals surface area contributed by atoms with Gasteiger partial charge in [-0.15, -0.1) is 0 Å². The largest absolute Gasteiger partial charge is 2.00 e. The summed E-state index contributed by atoms with van der Waals surface area (Å²) in [5.41, 5.74) is 0. The molecule has 226 valence electrons. The number of carbonyl (C=O) groups excluding carboxylic acids is 2. The number of carboxylic acids is 2. The number of ether oxygens (including phenoxy) is 6. The summed E-state index contributed by atoms with van der Waals surface area (Å²) in [6.45, 7) is 29.1. The van der Waals surface area contributed by atoms with Crippen molar-refractivity contribution < 1.29 is 69.9 Å². The molecule has 0 fully saturated rings. The van der Waals surface area contributed by atoms with E-state index in [4.69, 9.17) is 28.4 Å². The van der Waals surface area contributed by atoms with Crippen LogP contribution in [0.3, 0.4) is 0 Å². The molecule has 0 bridgehead atoms. The van der Waals surface area contributed by atoms with Gasteiger partial charge in [0.05, 0.1) is 36.6 Å². The summed E-state index contributed by atoms with van der Waals surface area (Å²) >= 11 is 0. The third kappa shape index (κ3) is 18.5. The first-order chi connectivity index (χ1) is 17.2. The van der Waals surface area contributed by atoms with Gasteiger partial charge in [-0.05, 0) is 83.1 Å². The molecular formula is C28H50O10Ti. The van der Waals surface area contributed by atoms with Crippen LogP contribution in [0.2, 0.25) is 0 Å². The smallest absolute Gasteiger partial charge is 0.550 e. The van der Waals surface area contributed by atoms with Crippen LogP contribution in [0.15, 0.2) is 24.7 Å². The predicted molar refractivity (Wildman–Crippen MR) is 140 cm³/mol. The summed E-state index contributed by atoms with van der Waals surface area (Å²) in [5, 5.41) is 22.0. The van der Waals surface area contributed by atoms with Gasteiger partial charge in [-0.25, -0.2) is 0 Å². The molecular weight excluding hydrogens is 544 g/mol. The summed E-state index contributed by atoms with van der Waals surface area (Å²) < 4.78 is 33.6. The second kappa shape index (κ2) is 19.6. The standard InChI is InChI=1S/2C14H26O5.Ti/c2*1-9(2)17-12(7)14(8-13(15)16,18-10(3)4)19-11(5)6;/h2*9-11H,7-8H2,1-6H3,(H,15,16);/q;;+2/p-2. The summed E-state index contributed by atoms with van der Waals surface area (Å²) in [5.74, 6) is -5.32. The van der Waals surface area contributed by atoms with Crippen LogP contribution in [0.4, 0.5) is 0 Å². The van der Waals surface area contributed by atoms with E-state index in [1.54, 1.807) is 55.4 Å². The summed E-state index contributed by atoms with van der Waals surface area (Å²) in [4.78, 5) is 22.0. The first kappa shape index (κ1) is 42.0. The Balaban J connectivity index is -0.000000648. The molecule has 39 heavy (non-hydrogen) atoms. The average Bonchev–Trinajstić information content (AvgIpc) is 2.63. The van der Waals surface area contributed by atoms with Crippen molar-refractivity contribution in [2.75, 3.05) is 0 Å². The molecule has 0 saturated carbocycles. The van der Waals surface area contributed by atoms with Gasteiger partial charge < -0.3 is 48.2 Å². The van der Waals surface area contributed by atoms with E-state index in [9.17, 15) is 19.8 Å². The van der Waals surface area contributed by atoms with E-state index in [1.165, 1.54) is 0 Å². The second-order valence-corrected chi connectivity index (χ2v) is 10.4. The van der Waals surface area contributed by atoms with E-state index in [0.717, 1.165) is 0 Å². The van der Waals surface area contributed by atoms with Crippen LogP contribution < -0.4 is 10.2 Å². The van der Waals surface area contributed by atoms with Crippen LogP contribution in [-0.2, 0) is 59.7 Å². The number of hydrogen-bond acceptors (Lipinski definition) is 10. The molecule has 0 saturated heterocycles. The molecule has 0 aliphatic carbocycles. The molecule has 0 aliphatic heterocycles. The molecule has 0 aromatic rings. The SMILES string of the molecule is C=C(OC(C)C)C(CC(=O)[O-])(OC(C)C)OC(C)C.C=C(OC(C)C)C(CC(=O)[O-])(OC(C)C)OC(C)C.[Ti+2]. The third-order valence-electron chi connectivity index (χ3n) is 4.06. The summed E-state index contributed by atoms with van der Waals surface area (Å²) in [6.07, 6.45) is -2.21. The average molecular weight is 595 g/mol. The molecule has 0 aromatic carbocycles. The summed E-state index contributed by atoms with van der Waals surface area (Å²) in [6, 6.07) is 0. The Morgan fingerprint density at radius 3 is 0.872 bits per heavy atom. The Bertz CT molecular complexity index is 663. The van der Waals surface area contributed by atoms with Gasteiger partial charge in [0.25, 0.3) is 0 Å². The van der Waals surface area contributed by atoms with Crippen molar-refractivity contribution in [3.63, 3.8) is 0 Å². The molecule has 0 amide bonds. The minimum atomic E-state index is -1.52. The van der Waals surface area contributed by atoms with Gasteiger partial charge in [0.2, 0.25) is 11.6 Å². The van der Waals surface area contributed by atoms with Crippen LogP contribution in [0.5, 0.6) is 0 Å². The van der Waals surface area contributed by atoms with Gasteiger partial charge in [0, 0.05) is 24.8 Å². The van der Waals surface area contributed by atoms with E-state index >= 15 is 0 Å². The van der Waals surface area contributed by atoms with Crippen LogP contribution in [0, 0.1) is 0 Å². The fourth-order valence-electron chi connectivity index (χ4n) is 3.33. The molecule has 0 rings (SSSR count). The van der Waals surface area contributed by atoms with Crippen molar-refractivity contribution in [1.82, 2.24) is 0 Å². The van der Waals surface area contributed by atoms with Gasteiger partial charge in [-0.1, -0.05) is 13.2 Å². The van der Waals surface area contributed by atoms with Crippen molar-refractivity contribution in [1.29, 1.82) is 0 Å². The fraction of sp³-hybridized carbons (Fsp3) is 0.786. The number of rotatable bonds is 18.